The van der Waals surface area contributed by atoms with Crippen LogP contribution in [0.15, 0.2) is 0 Å². The standard InChI is InChI=1S/2C12H28N.CH2O3/c2*1-5-9-13(10-6-2,11-7-3)12-8-4;2-1(3)4/h2*5-12H2,1-4H3;(H2,2,3,4)/q2*+1;/p-2. The van der Waals surface area contributed by atoms with E-state index in [9.17, 15) is 0 Å². The van der Waals surface area contributed by atoms with Crippen LogP contribution < -0.4 is 10.2 Å². The molecule has 0 unspecified atom stereocenters. The molecule has 0 fully saturated rings. The van der Waals surface area contributed by atoms with Crippen molar-refractivity contribution < 1.29 is 24.0 Å². The first-order chi connectivity index (χ1) is 14.2. The number of rotatable bonds is 16. The maximum atomic E-state index is 8.33. The first-order valence-electron chi connectivity index (χ1n) is 12.8. The van der Waals surface area contributed by atoms with E-state index in [1.807, 2.05) is 0 Å². The maximum absolute atomic E-state index is 8.33. The van der Waals surface area contributed by atoms with Gasteiger partial charge in [0.1, 0.15) is 0 Å². The van der Waals surface area contributed by atoms with Crippen molar-refractivity contribution in [2.75, 3.05) is 52.4 Å². The van der Waals surface area contributed by atoms with Crippen molar-refractivity contribution in [1.29, 1.82) is 0 Å². The molecule has 5 heteroatoms. The van der Waals surface area contributed by atoms with Gasteiger partial charge in [-0.25, -0.2) is 0 Å². The number of carbonyl (C=O) groups is 1. The Morgan fingerprint density at radius 1 is 0.433 bits per heavy atom. The summed E-state index contributed by atoms with van der Waals surface area (Å²) < 4.78 is 2.75. The fourth-order valence-electron chi connectivity index (χ4n) is 5.14. The summed E-state index contributed by atoms with van der Waals surface area (Å²) in [7, 11) is 0. The number of hydrogen-bond acceptors (Lipinski definition) is 3. The van der Waals surface area contributed by atoms with Gasteiger partial charge < -0.3 is 24.0 Å². The summed E-state index contributed by atoms with van der Waals surface area (Å²) in [6.45, 7) is 29.6. The Kier molecular flexibility index (Phi) is 25.8. The molecule has 0 heterocycles. The van der Waals surface area contributed by atoms with Gasteiger partial charge in [0.2, 0.25) is 0 Å². The van der Waals surface area contributed by atoms with Crippen molar-refractivity contribution in [3.8, 4) is 0 Å². The second-order valence-corrected chi connectivity index (χ2v) is 8.72. The minimum absolute atomic E-state index is 1.33. The zero-order valence-electron chi connectivity index (χ0n) is 21.9. The molecule has 0 aliphatic heterocycles. The summed E-state index contributed by atoms with van der Waals surface area (Å²) in [5.74, 6) is 0. The number of nitrogens with zero attached hydrogens (tertiary/aromatic N) is 2. The van der Waals surface area contributed by atoms with E-state index in [4.69, 9.17) is 15.0 Å². The molecule has 0 rings (SSSR count). The minimum Gasteiger partial charge on any atom is -0.652 e. The molecule has 0 aliphatic rings. The summed E-state index contributed by atoms with van der Waals surface area (Å²) in [4.78, 5) is 8.33. The Morgan fingerprint density at radius 3 is 0.600 bits per heavy atom. The van der Waals surface area contributed by atoms with Crippen molar-refractivity contribution in [3.63, 3.8) is 0 Å². The molecule has 0 saturated heterocycles. The molecule has 0 N–H and O–H groups in total. The van der Waals surface area contributed by atoms with Gasteiger partial charge in [0, 0.05) is 0 Å². The number of hydrogen-bond donors (Lipinski definition) is 0. The predicted molar refractivity (Wildman–Crippen MR) is 127 cm³/mol. The van der Waals surface area contributed by atoms with Gasteiger partial charge in [-0.1, -0.05) is 55.4 Å². The Labute approximate surface area is 189 Å². The third-order valence-corrected chi connectivity index (χ3v) is 5.58. The Bertz CT molecular complexity index is 271. The number of carbonyl (C=O) groups excluding carboxylic acids is 1. The molecule has 184 valence electrons. The van der Waals surface area contributed by atoms with Gasteiger partial charge in [-0.15, -0.1) is 0 Å². The third kappa shape index (κ3) is 19.2. The van der Waals surface area contributed by atoms with Crippen molar-refractivity contribution in [2.45, 2.75) is 107 Å². The fourth-order valence-corrected chi connectivity index (χ4v) is 5.14. The van der Waals surface area contributed by atoms with E-state index >= 15 is 0 Å². The topological polar surface area (TPSA) is 63.2 Å². The van der Waals surface area contributed by atoms with Gasteiger partial charge in [-0.3, -0.25) is 0 Å². The molecule has 0 aromatic carbocycles. The van der Waals surface area contributed by atoms with Crippen molar-refractivity contribution >= 4 is 6.16 Å². The monoisotopic (exact) mass is 432 g/mol. The van der Waals surface area contributed by atoms with Crippen LogP contribution in [0.1, 0.15) is 107 Å². The fraction of sp³-hybridized carbons (Fsp3) is 0.960. The van der Waals surface area contributed by atoms with Gasteiger partial charge in [-0.05, 0) is 57.5 Å². The molecule has 0 atom stereocenters. The molecule has 5 nitrogen and oxygen atoms in total. The van der Waals surface area contributed by atoms with E-state index in [1.165, 1.54) is 113 Å². The van der Waals surface area contributed by atoms with E-state index in [0.717, 1.165) is 0 Å². The van der Waals surface area contributed by atoms with E-state index in [0.29, 0.717) is 0 Å². The summed E-state index contributed by atoms with van der Waals surface area (Å²) in [6.07, 6.45) is 8.33. The van der Waals surface area contributed by atoms with Gasteiger partial charge in [-0.2, -0.15) is 0 Å². The van der Waals surface area contributed by atoms with Crippen LogP contribution in [0.4, 0.5) is 4.79 Å². The van der Waals surface area contributed by atoms with Crippen LogP contribution >= 0.6 is 0 Å². The smallest absolute Gasteiger partial charge is 0.0783 e. The average molecular weight is 433 g/mol. The van der Waals surface area contributed by atoms with Crippen LogP contribution in [-0.4, -0.2) is 67.5 Å². The molecule has 30 heavy (non-hydrogen) atoms. The molecule has 0 radical (unpaired) electrons. The van der Waals surface area contributed by atoms with Crippen LogP contribution in [0.5, 0.6) is 0 Å². The third-order valence-electron chi connectivity index (χ3n) is 5.58. The normalized spacial score (nSPS) is 11.2. The quantitative estimate of drug-likeness (QED) is 0.339. The molecule has 0 aromatic heterocycles. The molecule has 0 aromatic rings. The lowest BCUT2D eigenvalue weighted by atomic mass is 10.2. The number of quaternary nitrogens is 2. The summed E-state index contributed by atoms with van der Waals surface area (Å²) in [6, 6.07) is 0. The van der Waals surface area contributed by atoms with E-state index in [1.54, 1.807) is 0 Å². The second-order valence-electron chi connectivity index (χ2n) is 8.72. The van der Waals surface area contributed by atoms with Crippen LogP contribution in [0.25, 0.3) is 0 Å². The zero-order valence-corrected chi connectivity index (χ0v) is 21.9. The summed E-state index contributed by atoms with van der Waals surface area (Å²) in [5, 5.41) is 16.7. The number of carboxylic acid groups (broad SMARTS) is 2. The van der Waals surface area contributed by atoms with E-state index in [-0.39, 0.29) is 0 Å². The Hall–Kier alpha value is -0.810. The van der Waals surface area contributed by atoms with Gasteiger partial charge in [0.15, 0.2) is 0 Å². The van der Waals surface area contributed by atoms with Gasteiger partial charge >= 0.3 is 0 Å². The maximum Gasteiger partial charge on any atom is 0.0783 e. The highest BCUT2D eigenvalue weighted by molar-refractivity contribution is 5.47. The predicted octanol–water partition coefficient (Wildman–Crippen LogP) is 4.44. The first kappa shape index (κ1) is 33.8. The van der Waals surface area contributed by atoms with Crippen molar-refractivity contribution in [3.05, 3.63) is 0 Å². The lowest BCUT2D eigenvalue weighted by molar-refractivity contribution is -0.928. The van der Waals surface area contributed by atoms with Crippen molar-refractivity contribution in [1.82, 2.24) is 0 Å². The highest BCUT2D eigenvalue weighted by Gasteiger charge is 2.23. The van der Waals surface area contributed by atoms with Crippen molar-refractivity contribution in [2.24, 2.45) is 0 Å². The van der Waals surface area contributed by atoms with Crippen LogP contribution in [0.3, 0.4) is 0 Å². The van der Waals surface area contributed by atoms with Crippen LogP contribution in [-0.2, 0) is 0 Å². The molecular formula is C25H56N2O3. The highest BCUT2D eigenvalue weighted by Crippen LogP contribution is 2.13. The van der Waals surface area contributed by atoms with Crippen LogP contribution in [0.2, 0.25) is 0 Å². The van der Waals surface area contributed by atoms with Gasteiger partial charge in [0.25, 0.3) is 0 Å². The molecular weight excluding hydrogens is 376 g/mol. The Balaban J connectivity index is -0.000000412. The summed E-state index contributed by atoms with van der Waals surface area (Å²) in [5.41, 5.74) is 0. The highest BCUT2D eigenvalue weighted by atomic mass is 16.6. The zero-order chi connectivity index (χ0) is 23.9. The average Bonchev–Trinajstić information content (AvgIpc) is 2.64. The molecule has 0 spiro atoms. The lowest BCUT2D eigenvalue weighted by Crippen LogP contribution is -2.50. The SMILES string of the molecule is CCC[N+](CCC)(CCC)CCC.CCC[N+](CCC)(CCC)CCC.O=C([O-])[O-]. The second kappa shape index (κ2) is 22.9. The molecule has 0 amide bonds. The largest absolute Gasteiger partial charge is 0.652 e. The van der Waals surface area contributed by atoms with Crippen LogP contribution in [0, 0.1) is 0 Å². The first-order valence-corrected chi connectivity index (χ1v) is 12.8. The van der Waals surface area contributed by atoms with E-state index < -0.39 is 6.16 Å². The van der Waals surface area contributed by atoms with E-state index in [2.05, 4.69) is 55.4 Å². The molecule has 0 aliphatic carbocycles. The van der Waals surface area contributed by atoms with Gasteiger partial charge in [0.05, 0.1) is 52.4 Å². The Morgan fingerprint density at radius 2 is 0.533 bits per heavy atom. The lowest BCUT2D eigenvalue weighted by Gasteiger charge is -2.38. The minimum atomic E-state index is -2.33. The molecule has 0 saturated carbocycles. The molecule has 0 bridgehead atoms. The summed E-state index contributed by atoms with van der Waals surface area (Å²) >= 11 is 0.